The molecule has 0 bridgehead atoms. The minimum absolute atomic E-state index is 0.280. The maximum Gasteiger partial charge on any atom is 0.282 e. The molecule has 3 aromatic rings. The van der Waals surface area contributed by atoms with E-state index in [4.69, 9.17) is 9.47 Å². The summed E-state index contributed by atoms with van der Waals surface area (Å²) in [5, 5.41) is 0.514. The Kier molecular flexibility index (Phi) is 5.78. The molecular formula is C24H29N5O3. The van der Waals surface area contributed by atoms with Gasteiger partial charge in [-0.05, 0) is 43.5 Å². The van der Waals surface area contributed by atoms with Crippen molar-refractivity contribution in [1.29, 1.82) is 0 Å². The third-order valence-corrected chi connectivity index (χ3v) is 6.02. The Morgan fingerprint density at radius 2 is 1.97 bits per heavy atom. The third kappa shape index (κ3) is 3.88. The van der Waals surface area contributed by atoms with E-state index in [1.165, 1.54) is 11.1 Å². The Morgan fingerprint density at radius 1 is 1.19 bits per heavy atom. The van der Waals surface area contributed by atoms with Gasteiger partial charge in [-0.3, -0.25) is 4.79 Å². The van der Waals surface area contributed by atoms with Crippen molar-refractivity contribution >= 4 is 28.4 Å². The largest absolute Gasteiger partial charge is 0.493 e. The fraction of sp³-hybridized carbons (Fsp3) is 0.375. The second kappa shape index (κ2) is 8.53. The van der Waals surface area contributed by atoms with E-state index in [2.05, 4.69) is 38.1 Å². The number of amidine groups is 1. The van der Waals surface area contributed by atoms with E-state index in [1.807, 2.05) is 32.8 Å². The maximum atomic E-state index is 12.9. The van der Waals surface area contributed by atoms with Crippen LogP contribution in [0.5, 0.6) is 11.5 Å². The van der Waals surface area contributed by atoms with Crippen LogP contribution in [-0.4, -0.2) is 55.6 Å². The highest BCUT2D eigenvalue weighted by atomic mass is 16.5. The summed E-state index contributed by atoms with van der Waals surface area (Å²) < 4.78 is 10.9. The van der Waals surface area contributed by atoms with Gasteiger partial charge in [-0.2, -0.15) is 4.98 Å². The normalized spacial score (nSPS) is 13.8. The SMILES string of the molecule is COc1cc2[nH]c(N3CCc4ccc(/N=C(\C)N(C)C)cc4C3)nc(=O)c2c(C)c1OC. The number of benzene rings is 2. The van der Waals surface area contributed by atoms with Gasteiger partial charge in [0.05, 0.1) is 30.8 Å². The highest BCUT2D eigenvalue weighted by molar-refractivity contribution is 5.87. The van der Waals surface area contributed by atoms with Gasteiger partial charge in [0.1, 0.15) is 5.84 Å². The number of fused-ring (bicyclic) bond motifs is 2. The third-order valence-electron chi connectivity index (χ3n) is 6.02. The molecule has 1 aliphatic rings. The zero-order valence-electron chi connectivity index (χ0n) is 19.4. The van der Waals surface area contributed by atoms with E-state index in [0.717, 1.165) is 24.5 Å². The zero-order chi connectivity index (χ0) is 23.0. The number of nitrogens with one attached hydrogen (secondary N) is 1. The number of hydrogen-bond donors (Lipinski definition) is 1. The monoisotopic (exact) mass is 435 g/mol. The topological polar surface area (TPSA) is 83.0 Å². The number of aromatic amines is 1. The van der Waals surface area contributed by atoms with Gasteiger partial charge in [-0.1, -0.05) is 6.07 Å². The summed E-state index contributed by atoms with van der Waals surface area (Å²) in [6, 6.07) is 8.11. The number of rotatable bonds is 4. The zero-order valence-corrected chi connectivity index (χ0v) is 19.4. The van der Waals surface area contributed by atoms with Gasteiger partial charge in [0.2, 0.25) is 5.95 Å². The Hall–Kier alpha value is -3.55. The smallest absolute Gasteiger partial charge is 0.282 e. The number of ether oxygens (including phenoxy) is 2. The van der Waals surface area contributed by atoms with Crippen LogP contribution in [0.2, 0.25) is 0 Å². The van der Waals surface area contributed by atoms with Gasteiger partial charge in [0.25, 0.3) is 5.56 Å². The van der Waals surface area contributed by atoms with Crippen molar-refractivity contribution in [1.82, 2.24) is 14.9 Å². The predicted octanol–water partition coefficient (Wildman–Crippen LogP) is 3.42. The number of anilines is 1. The minimum atomic E-state index is -0.280. The van der Waals surface area contributed by atoms with Gasteiger partial charge >= 0.3 is 0 Å². The van der Waals surface area contributed by atoms with Gasteiger partial charge in [0, 0.05) is 38.8 Å². The van der Waals surface area contributed by atoms with Gasteiger partial charge < -0.3 is 24.3 Å². The first kappa shape index (κ1) is 21.7. The van der Waals surface area contributed by atoms with Crippen molar-refractivity contribution < 1.29 is 9.47 Å². The fourth-order valence-electron chi connectivity index (χ4n) is 4.08. The molecule has 1 aromatic heterocycles. The molecular weight excluding hydrogens is 406 g/mol. The van der Waals surface area contributed by atoms with E-state index < -0.39 is 0 Å². The van der Waals surface area contributed by atoms with E-state index >= 15 is 0 Å². The average Bonchev–Trinajstić information content (AvgIpc) is 2.77. The van der Waals surface area contributed by atoms with Crippen LogP contribution in [0.1, 0.15) is 23.6 Å². The molecule has 32 heavy (non-hydrogen) atoms. The fourth-order valence-corrected chi connectivity index (χ4v) is 4.08. The number of aryl methyl sites for hydroxylation is 1. The highest BCUT2D eigenvalue weighted by Crippen LogP contribution is 2.35. The molecule has 2 heterocycles. The summed E-state index contributed by atoms with van der Waals surface area (Å²) in [5.74, 6) is 2.62. The lowest BCUT2D eigenvalue weighted by molar-refractivity contribution is 0.354. The van der Waals surface area contributed by atoms with Crippen LogP contribution in [0.25, 0.3) is 10.9 Å². The number of methoxy groups -OCH3 is 2. The molecule has 8 nitrogen and oxygen atoms in total. The molecule has 1 aliphatic heterocycles. The first-order valence-corrected chi connectivity index (χ1v) is 10.6. The van der Waals surface area contributed by atoms with Crippen molar-refractivity contribution in [2.24, 2.45) is 4.99 Å². The molecule has 168 valence electrons. The molecule has 0 unspecified atom stereocenters. The van der Waals surface area contributed by atoms with Gasteiger partial charge in [0.15, 0.2) is 11.5 Å². The summed E-state index contributed by atoms with van der Waals surface area (Å²) >= 11 is 0. The van der Waals surface area contributed by atoms with Crippen LogP contribution in [0.4, 0.5) is 11.6 Å². The summed E-state index contributed by atoms with van der Waals surface area (Å²) in [7, 11) is 7.11. The van der Waals surface area contributed by atoms with Crippen molar-refractivity contribution in [3.8, 4) is 11.5 Å². The van der Waals surface area contributed by atoms with Crippen LogP contribution in [-0.2, 0) is 13.0 Å². The molecule has 1 N–H and O–H groups in total. The van der Waals surface area contributed by atoms with Crippen LogP contribution < -0.4 is 19.9 Å². The van der Waals surface area contributed by atoms with Crippen molar-refractivity contribution in [3.05, 3.63) is 51.3 Å². The second-order valence-corrected chi connectivity index (χ2v) is 8.20. The van der Waals surface area contributed by atoms with Crippen molar-refractivity contribution in [3.63, 3.8) is 0 Å². The highest BCUT2D eigenvalue weighted by Gasteiger charge is 2.21. The second-order valence-electron chi connectivity index (χ2n) is 8.20. The molecule has 4 rings (SSSR count). The molecule has 0 saturated heterocycles. The molecule has 2 aromatic carbocycles. The van der Waals surface area contributed by atoms with Crippen molar-refractivity contribution in [2.75, 3.05) is 39.8 Å². The van der Waals surface area contributed by atoms with Gasteiger partial charge in [-0.25, -0.2) is 4.99 Å². The Bertz CT molecular complexity index is 1260. The number of aromatic nitrogens is 2. The summed E-state index contributed by atoms with van der Waals surface area (Å²) in [6.07, 6.45) is 0.874. The Labute approximate surface area is 187 Å². The predicted molar refractivity (Wildman–Crippen MR) is 128 cm³/mol. The number of nitrogens with zero attached hydrogens (tertiary/aromatic N) is 4. The standard InChI is InChI=1S/C24H29N5O3/c1-14-21-19(12-20(31-5)22(14)32-6)26-24(27-23(21)30)29-10-9-16-7-8-18(11-17(16)13-29)25-15(2)28(3)4/h7-8,11-12H,9-10,13H2,1-6H3,(H,26,27,30)/b25-15+. The average molecular weight is 436 g/mol. The summed E-state index contributed by atoms with van der Waals surface area (Å²) in [6.45, 7) is 5.25. The van der Waals surface area contributed by atoms with Gasteiger partial charge in [-0.15, -0.1) is 0 Å². The molecule has 0 radical (unpaired) electrons. The van der Waals surface area contributed by atoms with Crippen LogP contribution in [0.15, 0.2) is 34.1 Å². The number of aliphatic imine (C=N–C) groups is 1. The lowest BCUT2D eigenvalue weighted by atomic mass is 9.99. The Balaban J connectivity index is 1.72. The Morgan fingerprint density at radius 3 is 2.66 bits per heavy atom. The number of H-pyrrole nitrogens is 1. The lowest BCUT2D eigenvalue weighted by Gasteiger charge is -2.29. The summed E-state index contributed by atoms with van der Waals surface area (Å²) in [4.78, 5) is 29.4. The molecule has 0 amide bonds. The lowest BCUT2D eigenvalue weighted by Crippen LogP contribution is -2.33. The molecule has 0 fully saturated rings. The first-order chi connectivity index (χ1) is 15.3. The number of hydrogen-bond acceptors (Lipinski definition) is 6. The van der Waals surface area contributed by atoms with E-state index in [-0.39, 0.29) is 5.56 Å². The van der Waals surface area contributed by atoms with E-state index in [9.17, 15) is 4.79 Å². The molecule has 0 saturated carbocycles. The van der Waals surface area contributed by atoms with Crippen LogP contribution >= 0.6 is 0 Å². The van der Waals surface area contributed by atoms with Crippen molar-refractivity contribution in [2.45, 2.75) is 26.8 Å². The van der Waals surface area contributed by atoms with E-state index in [1.54, 1.807) is 20.3 Å². The summed E-state index contributed by atoms with van der Waals surface area (Å²) in [5.41, 5.74) is 4.52. The molecule has 8 heteroatoms. The van der Waals surface area contributed by atoms with Crippen LogP contribution in [0.3, 0.4) is 0 Å². The van der Waals surface area contributed by atoms with Crippen LogP contribution in [0, 0.1) is 6.92 Å². The minimum Gasteiger partial charge on any atom is -0.493 e. The van der Waals surface area contributed by atoms with E-state index in [0.29, 0.717) is 40.5 Å². The molecule has 0 spiro atoms. The molecule has 0 aliphatic carbocycles. The molecule has 0 atom stereocenters. The first-order valence-electron chi connectivity index (χ1n) is 10.6. The maximum absolute atomic E-state index is 12.9. The quantitative estimate of drug-likeness (QED) is 0.499.